The van der Waals surface area contributed by atoms with E-state index in [4.69, 9.17) is 4.42 Å². The topological polar surface area (TPSA) is 186 Å². The lowest BCUT2D eigenvalue weighted by atomic mass is 9.88. The summed E-state index contributed by atoms with van der Waals surface area (Å²) in [6.45, 7) is 0. The average Bonchev–Trinajstić information content (AvgIpc) is 3.62. The van der Waals surface area contributed by atoms with E-state index in [1.807, 2.05) is 0 Å². The molecule has 41 heavy (non-hydrogen) atoms. The first-order chi connectivity index (χ1) is 19.7. The molecule has 0 spiro atoms. The Labute approximate surface area is 239 Å². The molecule has 0 aromatic heterocycles. The van der Waals surface area contributed by atoms with Gasteiger partial charge in [0.2, 0.25) is 0 Å². The van der Waals surface area contributed by atoms with Crippen LogP contribution in [0, 0.1) is 0 Å². The van der Waals surface area contributed by atoms with Gasteiger partial charge in [-0.1, -0.05) is 18.2 Å². The first-order valence-electron chi connectivity index (χ1n) is 12.4. The molecule has 0 saturated carbocycles. The Morgan fingerprint density at radius 2 is 1.44 bits per heavy atom. The van der Waals surface area contributed by atoms with Gasteiger partial charge in [-0.15, -0.1) is 23.5 Å². The van der Waals surface area contributed by atoms with Gasteiger partial charge in [0.25, 0.3) is 0 Å². The third-order valence-corrected chi connectivity index (χ3v) is 9.65. The summed E-state index contributed by atoms with van der Waals surface area (Å²) in [5, 5.41) is 45.0. The Balaban J connectivity index is 1.69. The molecule has 4 aliphatic rings. The number of hydrogen-bond acceptors (Lipinski definition) is 10. The molecule has 1 aliphatic carbocycles. The van der Waals surface area contributed by atoms with E-state index in [1.54, 1.807) is 30.3 Å². The Morgan fingerprint density at radius 1 is 0.805 bits per heavy atom. The lowest BCUT2D eigenvalue weighted by molar-refractivity contribution is -0.139. The van der Waals surface area contributed by atoms with Crippen molar-refractivity contribution in [2.24, 2.45) is 0 Å². The van der Waals surface area contributed by atoms with Gasteiger partial charge in [-0.3, -0.25) is 25.0 Å². The molecule has 6 N–H and O–H groups in total. The Kier molecular flexibility index (Phi) is 6.90. The fourth-order valence-electron chi connectivity index (χ4n) is 5.27. The largest absolute Gasteiger partial charge is 0.507 e. The van der Waals surface area contributed by atoms with Crippen LogP contribution in [0.2, 0.25) is 0 Å². The molecule has 13 heteroatoms. The number of hydrogen-bond donors (Lipinski definition) is 6. The molecule has 0 radical (unpaired) electrons. The van der Waals surface area contributed by atoms with E-state index in [9.17, 15) is 39.6 Å². The molecule has 0 bridgehead atoms. The Bertz CT molecular complexity index is 1770. The first kappa shape index (κ1) is 27.1. The summed E-state index contributed by atoms with van der Waals surface area (Å²) in [6.07, 6.45) is 0. The first-order valence-corrected chi connectivity index (χ1v) is 14.5. The number of aromatic hydroxyl groups is 1. The van der Waals surface area contributed by atoms with Gasteiger partial charge in [0.05, 0.1) is 27.4 Å². The summed E-state index contributed by atoms with van der Waals surface area (Å²) >= 11 is 2.50. The highest BCUT2D eigenvalue weighted by molar-refractivity contribution is 8.00. The van der Waals surface area contributed by atoms with Crippen LogP contribution >= 0.6 is 23.5 Å². The van der Waals surface area contributed by atoms with Crippen molar-refractivity contribution in [2.45, 2.75) is 22.8 Å². The Morgan fingerprint density at radius 3 is 2.05 bits per heavy atom. The molecule has 4 atom stereocenters. The second kappa shape index (κ2) is 10.4. The smallest absolute Gasteiger partial charge is 0.336 e. The maximum atomic E-state index is 13.3. The molecule has 2 aromatic carbocycles. The summed E-state index contributed by atoms with van der Waals surface area (Å²) in [6, 6.07) is 10.5. The molecule has 0 amide bonds. The number of fused-ring (bicyclic) bond motifs is 2. The van der Waals surface area contributed by atoms with E-state index in [1.165, 1.54) is 41.7 Å². The number of phenols is 1. The van der Waals surface area contributed by atoms with E-state index < -0.39 is 46.2 Å². The number of aromatic carboxylic acids is 1. The predicted octanol–water partition coefficient (Wildman–Crippen LogP) is 3.55. The number of carboxylic acids is 3. The van der Waals surface area contributed by atoms with Crippen molar-refractivity contribution < 1.29 is 39.2 Å². The fourth-order valence-corrected chi connectivity index (χ4v) is 7.82. The number of thioether (sulfide) groups is 2. The van der Waals surface area contributed by atoms with Crippen molar-refractivity contribution in [3.8, 4) is 28.2 Å². The molecule has 6 rings (SSSR count). The van der Waals surface area contributed by atoms with Crippen molar-refractivity contribution in [2.75, 3.05) is 11.5 Å². The summed E-state index contributed by atoms with van der Waals surface area (Å²) in [7, 11) is 0. The molecular weight excluding hydrogens is 572 g/mol. The van der Waals surface area contributed by atoms with E-state index in [0.717, 1.165) is 0 Å². The minimum absolute atomic E-state index is 0.00212. The van der Waals surface area contributed by atoms with Crippen LogP contribution in [0.4, 0.5) is 0 Å². The SMILES string of the molecule is O=C(O)c1ccccc1-c1c2ccc(=O)c(C3N[C@@H](C(=O)O)CS3)c-2oc2c(C3N[C@@H](C(=O)O)CS3)c(O)ccc12. The number of carboxylic acid groups (broad SMARTS) is 3. The zero-order chi connectivity index (χ0) is 29.0. The fraction of sp³-hybridized carbons (Fsp3) is 0.214. The van der Waals surface area contributed by atoms with Crippen LogP contribution < -0.4 is 16.1 Å². The summed E-state index contributed by atoms with van der Waals surface area (Å²) in [5.41, 5.74) is 1.37. The van der Waals surface area contributed by atoms with Crippen LogP contribution in [0.3, 0.4) is 0 Å². The van der Waals surface area contributed by atoms with Crippen LogP contribution in [0.5, 0.6) is 5.75 Å². The van der Waals surface area contributed by atoms with Crippen molar-refractivity contribution in [3.63, 3.8) is 0 Å². The van der Waals surface area contributed by atoms with E-state index >= 15 is 0 Å². The molecule has 2 aromatic rings. The van der Waals surface area contributed by atoms with Gasteiger partial charge in [0.1, 0.15) is 29.2 Å². The van der Waals surface area contributed by atoms with Gasteiger partial charge in [-0.2, -0.15) is 0 Å². The van der Waals surface area contributed by atoms with Crippen LogP contribution in [0.1, 0.15) is 32.2 Å². The maximum absolute atomic E-state index is 13.3. The molecule has 2 unspecified atom stereocenters. The molecule has 210 valence electrons. The number of nitrogens with one attached hydrogen (secondary N) is 2. The third-order valence-electron chi connectivity index (χ3n) is 7.18. The third kappa shape index (κ3) is 4.60. The molecule has 2 saturated heterocycles. The maximum Gasteiger partial charge on any atom is 0.336 e. The van der Waals surface area contributed by atoms with Gasteiger partial charge in [-0.25, -0.2) is 4.79 Å². The van der Waals surface area contributed by atoms with Crippen molar-refractivity contribution >= 4 is 52.4 Å². The number of carbonyl (C=O) groups is 3. The van der Waals surface area contributed by atoms with Crippen LogP contribution in [-0.4, -0.2) is 61.9 Å². The number of rotatable bonds is 6. The molecule has 3 heterocycles. The van der Waals surface area contributed by atoms with Gasteiger partial charge >= 0.3 is 17.9 Å². The van der Waals surface area contributed by atoms with Crippen molar-refractivity contribution in [1.29, 1.82) is 0 Å². The van der Waals surface area contributed by atoms with Crippen LogP contribution in [0.15, 0.2) is 57.7 Å². The van der Waals surface area contributed by atoms with Crippen LogP contribution in [0.25, 0.3) is 33.4 Å². The standard InChI is InChI=1S/C28H22N2O9S2/c31-17-7-5-13-19(11-3-1-2-4-12(11)26(33)34)14-6-8-18(32)21(25-30-16(10-41-25)28(37)38)23(14)39-22(13)20(17)24-29-15(9-40-24)27(35)36/h1-8,15-16,24-25,29-31H,9-10H2,(H,33,34)(H,35,36)(H,37,38)/t15-,16-,24?,25?/m1/s1. The van der Waals surface area contributed by atoms with E-state index in [-0.39, 0.29) is 45.3 Å². The molecule has 2 fully saturated rings. The minimum Gasteiger partial charge on any atom is -0.507 e. The zero-order valence-corrected chi connectivity index (χ0v) is 22.6. The summed E-state index contributed by atoms with van der Waals surface area (Å²) in [4.78, 5) is 48.8. The normalized spacial score (nSPS) is 22.3. The lowest BCUT2D eigenvalue weighted by Gasteiger charge is -2.23. The molecule has 11 nitrogen and oxygen atoms in total. The van der Waals surface area contributed by atoms with Crippen molar-refractivity contribution in [1.82, 2.24) is 10.6 Å². The monoisotopic (exact) mass is 594 g/mol. The van der Waals surface area contributed by atoms with E-state index in [2.05, 4.69) is 10.6 Å². The zero-order valence-electron chi connectivity index (χ0n) is 21.0. The average molecular weight is 595 g/mol. The van der Waals surface area contributed by atoms with Gasteiger partial charge in [0.15, 0.2) is 5.43 Å². The highest BCUT2D eigenvalue weighted by Gasteiger charge is 2.38. The summed E-state index contributed by atoms with van der Waals surface area (Å²) in [5.74, 6) is -2.90. The molecular formula is C28H22N2O9S2. The van der Waals surface area contributed by atoms with Crippen molar-refractivity contribution in [3.05, 3.63) is 75.4 Å². The predicted molar refractivity (Wildman–Crippen MR) is 153 cm³/mol. The highest BCUT2D eigenvalue weighted by Crippen LogP contribution is 2.49. The second-order valence-corrected chi connectivity index (χ2v) is 11.9. The van der Waals surface area contributed by atoms with Gasteiger partial charge < -0.3 is 24.8 Å². The highest BCUT2D eigenvalue weighted by atomic mass is 32.2. The lowest BCUT2D eigenvalue weighted by Crippen LogP contribution is -2.35. The minimum atomic E-state index is -1.17. The second-order valence-electron chi connectivity index (χ2n) is 9.60. The number of phenolic OH excluding ortho intramolecular Hbond substituents is 1. The Hall–Kier alpha value is -4.04. The van der Waals surface area contributed by atoms with Crippen LogP contribution in [-0.2, 0) is 9.59 Å². The van der Waals surface area contributed by atoms with Gasteiger partial charge in [0, 0.05) is 28.0 Å². The quantitative estimate of drug-likeness (QED) is 0.178. The number of benzene rings is 3. The molecule has 3 aliphatic heterocycles. The number of aliphatic carboxylic acids is 2. The van der Waals surface area contributed by atoms with Gasteiger partial charge in [-0.05, 0) is 35.9 Å². The summed E-state index contributed by atoms with van der Waals surface area (Å²) < 4.78 is 6.44. The van der Waals surface area contributed by atoms with E-state index in [0.29, 0.717) is 22.1 Å².